The number of aliphatic hydroxyl groups excluding tert-OH is 1. The number of aromatic amines is 1. The molecule has 3 aromatic rings. The van der Waals surface area contributed by atoms with Crippen molar-refractivity contribution in [1.82, 2.24) is 29.0 Å². The summed E-state index contributed by atoms with van der Waals surface area (Å²) in [6, 6.07) is 3.05. The van der Waals surface area contributed by atoms with Gasteiger partial charge < -0.3 is 9.63 Å². The van der Waals surface area contributed by atoms with E-state index in [0.29, 0.717) is 19.4 Å². The van der Waals surface area contributed by atoms with Gasteiger partial charge in [0, 0.05) is 31.7 Å². The molecule has 0 saturated carbocycles. The van der Waals surface area contributed by atoms with Crippen molar-refractivity contribution in [2.24, 2.45) is 0 Å². The zero-order valence-electron chi connectivity index (χ0n) is 16.3. The van der Waals surface area contributed by atoms with Crippen LogP contribution in [0.3, 0.4) is 0 Å². The van der Waals surface area contributed by atoms with E-state index in [4.69, 9.17) is 9.63 Å². The van der Waals surface area contributed by atoms with Crippen molar-refractivity contribution >= 4 is 10.0 Å². The van der Waals surface area contributed by atoms with Crippen molar-refractivity contribution < 1.29 is 18.0 Å². The number of rotatable bonds is 6. The van der Waals surface area contributed by atoms with Crippen molar-refractivity contribution in [3.05, 3.63) is 57.5 Å². The van der Waals surface area contributed by atoms with Crippen LogP contribution in [0.1, 0.15) is 24.7 Å². The van der Waals surface area contributed by atoms with Crippen LogP contribution in [0.25, 0.3) is 11.4 Å². The Labute approximate surface area is 176 Å². The molecule has 1 saturated heterocycles. The Morgan fingerprint density at radius 2 is 2.16 bits per heavy atom. The molecule has 4 heterocycles. The third-order valence-electron chi connectivity index (χ3n) is 5.04. The highest BCUT2D eigenvalue weighted by Crippen LogP contribution is 2.30. The molecule has 0 aliphatic carbocycles. The van der Waals surface area contributed by atoms with Gasteiger partial charge in [0.1, 0.15) is 10.5 Å². The second-order valence-corrected chi connectivity index (χ2v) is 9.00. The molecule has 164 valence electrons. The van der Waals surface area contributed by atoms with Crippen LogP contribution in [-0.2, 0) is 16.6 Å². The average Bonchev–Trinajstić information content (AvgIpc) is 3.26. The maximum absolute atomic E-state index is 12.9. The Hall–Kier alpha value is -3.16. The molecule has 2 N–H and O–H groups in total. The highest BCUT2D eigenvalue weighted by Gasteiger charge is 2.33. The van der Waals surface area contributed by atoms with Gasteiger partial charge in [0.05, 0.1) is 19.1 Å². The molecule has 12 nitrogen and oxygen atoms in total. The Morgan fingerprint density at radius 1 is 1.32 bits per heavy atom. The van der Waals surface area contributed by atoms with Gasteiger partial charge in [-0.2, -0.15) is 9.29 Å². The zero-order chi connectivity index (χ0) is 22.0. The number of sulfonamides is 1. The number of hydrogen-bond acceptors (Lipinski definition) is 9. The van der Waals surface area contributed by atoms with Crippen LogP contribution in [0.5, 0.6) is 0 Å². The molecule has 0 bridgehead atoms. The summed E-state index contributed by atoms with van der Waals surface area (Å²) in [5.74, 6) is -0.153. The largest absolute Gasteiger partial charge is 0.395 e. The fourth-order valence-electron chi connectivity index (χ4n) is 3.46. The number of nitrogens with one attached hydrogen (secondary N) is 1. The fourth-order valence-corrected chi connectivity index (χ4v) is 4.95. The number of aliphatic hydroxyl groups is 1. The molecule has 4 rings (SSSR count). The lowest BCUT2D eigenvalue weighted by atomic mass is 10.00. The second kappa shape index (κ2) is 8.53. The molecule has 1 unspecified atom stereocenters. The number of piperidine rings is 1. The second-order valence-electron chi connectivity index (χ2n) is 7.07. The first-order valence-corrected chi connectivity index (χ1v) is 11.0. The van der Waals surface area contributed by atoms with Crippen molar-refractivity contribution in [2.75, 3.05) is 19.7 Å². The van der Waals surface area contributed by atoms with Crippen LogP contribution >= 0.6 is 0 Å². The van der Waals surface area contributed by atoms with E-state index in [2.05, 4.69) is 20.1 Å². The van der Waals surface area contributed by atoms with Gasteiger partial charge in [0.15, 0.2) is 0 Å². The summed E-state index contributed by atoms with van der Waals surface area (Å²) in [6.45, 7) is 0.225. The predicted octanol–water partition coefficient (Wildman–Crippen LogP) is -0.458. The number of pyridine rings is 1. The molecule has 0 amide bonds. The normalized spacial score (nSPS) is 17.6. The zero-order valence-corrected chi connectivity index (χ0v) is 17.2. The molecule has 1 aliphatic rings. The van der Waals surface area contributed by atoms with Crippen molar-refractivity contribution in [2.45, 2.75) is 30.2 Å². The lowest BCUT2D eigenvalue weighted by molar-refractivity contribution is 0.265. The average molecular weight is 448 g/mol. The van der Waals surface area contributed by atoms with Crippen LogP contribution in [0, 0.1) is 0 Å². The molecule has 0 radical (unpaired) electrons. The minimum atomic E-state index is -3.71. The number of aromatic nitrogens is 5. The highest BCUT2D eigenvalue weighted by atomic mass is 32.2. The van der Waals surface area contributed by atoms with E-state index in [1.54, 1.807) is 6.07 Å². The summed E-state index contributed by atoms with van der Waals surface area (Å²) in [6.07, 6.45) is 5.30. The van der Waals surface area contributed by atoms with E-state index < -0.39 is 21.3 Å². The van der Waals surface area contributed by atoms with E-state index in [1.165, 1.54) is 29.0 Å². The highest BCUT2D eigenvalue weighted by molar-refractivity contribution is 7.89. The number of H-pyrrole nitrogens is 1. The first kappa shape index (κ1) is 21.1. The van der Waals surface area contributed by atoms with E-state index in [9.17, 15) is 18.0 Å². The minimum absolute atomic E-state index is 0.00287. The molecule has 1 atom stereocenters. The molecule has 1 fully saturated rings. The predicted molar refractivity (Wildman–Crippen MR) is 107 cm³/mol. The Balaban J connectivity index is 1.59. The first-order valence-electron chi connectivity index (χ1n) is 9.59. The molecule has 1 aliphatic heterocycles. The van der Waals surface area contributed by atoms with Crippen molar-refractivity contribution in [3.8, 4) is 11.4 Å². The van der Waals surface area contributed by atoms with E-state index in [0.717, 1.165) is 4.57 Å². The molecule has 13 heteroatoms. The lowest BCUT2D eigenvalue weighted by Gasteiger charge is -2.30. The summed E-state index contributed by atoms with van der Waals surface area (Å²) in [5.41, 5.74) is -1.33. The van der Waals surface area contributed by atoms with Crippen LogP contribution in [0.15, 0.2) is 49.7 Å². The van der Waals surface area contributed by atoms with Gasteiger partial charge in [-0.05, 0) is 25.0 Å². The topological polar surface area (TPSA) is 164 Å². The van der Waals surface area contributed by atoms with E-state index in [-0.39, 0.29) is 47.8 Å². The van der Waals surface area contributed by atoms with Gasteiger partial charge in [0.25, 0.3) is 5.56 Å². The van der Waals surface area contributed by atoms with Gasteiger partial charge in [-0.15, -0.1) is 0 Å². The number of nitrogens with zero attached hydrogens (tertiary/aromatic N) is 5. The van der Waals surface area contributed by atoms with Crippen LogP contribution < -0.4 is 11.2 Å². The number of hydrogen-bond donors (Lipinski definition) is 2. The summed E-state index contributed by atoms with van der Waals surface area (Å²) >= 11 is 0. The Morgan fingerprint density at radius 3 is 2.90 bits per heavy atom. The summed E-state index contributed by atoms with van der Waals surface area (Å²) in [4.78, 5) is 34.4. The van der Waals surface area contributed by atoms with Crippen LogP contribution in [0.2, 0.25) is 0 Å². The maximum atomic E-state index is 12.9. The quantitative estimate of drug-likeness (QED) is 0.508. The lowest BCUT2D eigenvalue weighted by Crippen LogP contribution is -2.39. The standard InChI is InChI=1S/C18H20N6O6S/c25-8-7-23-11-14(16(26)21-18(23)27)15-20-17(30-22-15)12-3-2-6-24(10-12)31(28,29)13-4-1-5-19-9-13/h1,4-5,9,11-12,25H,2-3,6-8,10H2,(H,21,26,27). The Bertz CT molecular complexity index is 1280. The van der Waals surface area contributed by atoms with Gasteiger partial charge in [0.2, 0.25) is 21.7 Å². The van der Waals surface area contributed by atoms with Crippen LogP contribution in [-0.4, -0.2) is 62.2 Å². The molecular formula is C18H20N6O6S. The summed E-state index contributed by atoms with van der Waals surface area (Å²) in [5, 5.41) is 12.9. The third kappa shape index (κ3) is 4.19. The summed E-state index contributed by atoms with van der Waals surface area (Å²) < 4.78 is 33.6. The van der Waals surface area contributed by atoms with Gasteiger partial charge in [-0.1, -0.05) is 5.16 Å². The maximum Gasteiger partial charge on any atom is 0.328 e. The summed E-state index contributed by atoms with van der Waals surface area (Å²) in [7, 11) is -3.71. The van der Waals surface area contributed by atoms with Gasteiger partial charge in [-0.25, -0.2) is 13.2 Å². The first-order chi connectivity index (χ1) is 14.9. The third-order valence-corrected chi connectivity index (χ3v) is 6.89. The van der Waals surface area contributed by atoms with Crippen molar-refractivity contribution in [1.29, 1.82) is 0 Å². The molecule has 31 heavy (non-hydrogen) atoms. The smallest absolute Gasteiger partial charge is 0.328 e. The van der Waals surface area contributed by atoms with E-state index >= 15 is 0 Å². The van der Waals surface area contributed by atoms with Gasteiger partial charge >= 0.3 is 5.69 Å². The molecule has 0 spiro atoms. The SMILES string of the molecule is O=c1[nH]c(=O)n(CCO)cc1-c1noc(C2CCCN(S(=O)(=O)c3cccnc3)C2)n1. The molecular weight excluding hydrogens is 428 g/mol. The van der Waals surface area contributed by atoms with Crippen LogP contribution in [0.4, 0.5) is 0 Å². The van der Waals surface area contributed by atoms with Crippen molar-refractivity contribution in [3.63, 3.8) is 0 Å². The minimum Gasteiger partial charge on any atom is -0.395 e. The molecule has 0 aromatic carbocycles. The Kier molecular flexibility index (Phi) is 5.80. The fraction of sp³-hybridized carbons (Fsp3) is 0.389. The van der Waals surface area contributed by atoms with E-state index in [1.807, 2.05) is 0 Å². The monoisotopic (exact) mass is 448 g/mol. The van der Waals surface area contributed by atoms with Gasteiger partial charge in [-0.3, -0.25) is 19.3 Å². The molecule has 3 aromatic heterocycles.